The fourth-order valence-electron chi connectivity index (χ4n) is 5.42. The lowest BCUT2D eigenvalue weighted by Gasteiger charge is -2.46. The third kappa shape index (κ3) is 13.7. The molecule has 0 radical (unpaired) electrons. The van der Waals surface area contributed by atoms with Gasteiger partial charge in [-0.05, 0) is 32.1 Å². The van der Waals surface area contributed by atoms with E-state index in [9.17, 15) is 45.6 Å². The van der Waals surface area contributed by atoms with E-state index in [1.807, 2.05) is 6.08 Å². The van der Waals surface area contributed by atoms with E-state index < -0.39 is 86.8 Å². The van der Waals surface area contributed by atoms with Gasteiger partial charge in [0.1, 0.15) is 48.8 Å². The van der Waals surface area contributed by atoms with E-state index in [0.29, 0.717) is 12.8 Å². The number of rotatable bonds is 22. The summed E-state index contributed by atoms with van der Waals surface area (Å²) < 4.78 is 22.3. The molecule has 0 bridgehead atoms. The molecule has 14 heteroatoms. The number of amides is 1. The first-order valence-corrected chi connectivity index (χ1v) is 17.1. The van der Waals surface area contributed by atoms with Crippen molar-refractivity contribution in [2.45, 2.75) is 158 Å². The topological polar surface area (TPSA) is 228 Å². The first-order chi connectivity index (χ1) is 22.6. The maximum atomic E-state index is 12.7. The normalized spacial score (nSPS) is 33.0. The van der Waals surface area contributed by atoms with Gasteiger partial charge in [-0.1, -0.05) is 70.3 Å². The molecule has 0 aromatic heterocycles. The summed E-state index contributed by atoms with van der Waals surface area (Å²) in [6, 6.07) is -0.918. The SMILES string of the molecule is CCCCC/C=C/CC/C=C/C(O)C(COC1OC(CO)C(OC2OC(CO)C(O)C(O)C2O)C(O)C1O)NC(=O)CCCCCC. The van der Waals surface area contributed by atoms with Crippen LogP contribution in [-0.2, 0) is 23.7 Å². The molecule has 0 saturated carbocycles. The van der Waals surface area contributed by atoms with Gasteiger partial charge in [-0.15, -0.1) is 0 Å². The number of aliphatic hydroxyl groups excluding tert-OH is 8. The number of unbranched alkanes of at least 4 members (excludes halogenated alkanes) is 7. The van der Waals surface area contributed by atoms with Crippen LogP contribution in [0, 0.1) is 0 Å². The van der Waals surface area contributed by atoms with Crippen molar-refractivity contribution in [2.75, 3.05) is 19.8 Å². The Morgan fingerprint density at radius 3 is 2.04 bits per heavy atom. The number of ether oxygens (including phenoxy) is 4. The number of hydrogen-bond donors (Lipinski definition) is 9. The highest BCUT2D eigenvalue weighted by Gasteiger charge is 2.50. The molecule has 0 aromatic rings. The van der Waals surface area contributed by atoms with Crippen LogP contribution < -0.4 is 5.32 Å². The maximum absolute atomic E-state index is 12.7. The van der Waals surface area contributed by atoms with Crippen LogP contribution in [0.3, 0.4) is 0 Å². The zero-order chi connectivity index (χ0) is 34.8. The second-order valence-corrected chi connectivity index (χ2v) is 12.3. The highest BCUT2D eigenvalue weighted by Crippen LogP contribution is 2.29. The van der Waals surface area contributed by atoms with Crippen molar-refractivity contribution in [3.63, 3.8) is 0 Å². The Morgan fingerprint density at radius 1 is 0.745 bits per heavy atom. The quantitative estimate of drug-likeness (QED) is 0.0540. The van der Waals surface area contributed by atoms with E-state index in [0.717, 1.165) is 38.5 Å². The first kappa shape index (κ1) is 41.6. The number of aliphatic hydroxyl groups is 8. The average Bonchev–Trinajstić information content (AvgIpc) is 3.06. The molecular weight excluding hydrogens is 618 g/mol. The van der Waals surface area contributed by atoms with Crippen LogP contribution in [0.1, 0.15) is 84.5 Å². The number of carbonyl (C=O) groups excluding carboxylic acids is 1. The summed E-state index contributed by atoms with van der Waals surface area (Å²) in [7, 11) is 0. The highest BCUT2D eigenvalue weighted by atomic mass is 16.7. The van der Waals surface area contributed by atoms with Crippen molar-refractivity contribution in [1.82, 2.24) is 5.32 Å². The van der Waals surface area contributed by atoms with Crippen LogP contribution in [0.15, 0.2) is 24.3 Å². The fourth-order valence-corrected chi connectivity index (χ4v) is 5.42. The van der Waals surface area contributed by atoms with Crippen LogP contribution in [0.25, 0.3) is 0 Å². The van der Waals surface area contributed by atoms with Gasteiger partial charge in [-0.3, -0.25) is 4.79 Å². The maximum Gasteiger partial charge on any atom is 0.220 e. The number of nitrogens with one attached hydrogen (secondary N) is 1. The minimum absolute atomic E-state index is 0.264. The summed E-state index contributed by atoms with van der Waals surface area (Å²) in [4.78, 5) is 12.7. The third-order valence-electron chi connectivity index (χ3n) is 8.39. The predicted octanol–water partition coefficient (Wildman–Crippen LogP) is -0.0839. The Morgan fingerprint density at radius 2 is 1.36 bits per heavy atom. The molecule has 2 saturated heterocycles. The molecular formula is C33H59NO13. The van der Waals surface area contributed by atoms with Crippen molar-refractivity contribution in [1.29, 1.82) is 0 Å². The molecule has 2 aliphatic heterocycles. The lowest BCUT2D eigenvalue weighted by Crippen LogP contribution is -2.65. The Balaban J connectivity index is 2.03. The average molecular weight is 678 g/mol. The van der Waals surface area contributed by atoms with E-state index in [-0.39, 0.29) is 18.9 Å². The van der Waals surface area contributed by atoms with Crippen LogP contribution in [-0.4, -0.2) is 140 Å². The van der Waals surface area contributed by atoms with Gasteiger partial charge in [0.25, 0.3) is 0 Å². The number of allylic oxidation sites excluding steroid dienone is 3. The Hall–Kier alpha value is -1.53. The Labute approximate surface area is 278 Å². The smallest absolute Gasteiger partial charge is 0.220 e. The second kappa shape index (κ2) is 23.0. The van der Waals surface area contributed by atoms with Crippen LogP contribution in [0.5, 0.6) is 0 Å². The van der Waals surface area contributed by atoms with E-state index >= 15 is 0 Å². The molecule has 274 valence electrons. The summed E-state index contributed by atoms with van der Waals surface area (Å²) in [5.74, 6) is -0.275. The second-order valence-electron chi connectivity index (χ2n) is 12.3. The van der Waals surface area contributed by atoms with Gasteiger partial charge < -0.3 is 65.1 Å². The molecule has 2 rings (SSSR count). The summed E-state index contributed by atoms with van der Waals surface area (Å²) >= 11 is 0. The Kier molecular flexibility index (Phi) is 20.4. The molecule has 12 unspecified atom stereocenters. The van der Waals surface area contributed by atoms with Crippen LogP contribution in [0.4, 0.5) is 0 Å². The molecule has 2 heterocycles. The van der Waals surface area contributed by atoms with Crippen LogP contribution >= 0.6 is 0 Å². The largest absolute Gasteiger partial charge is 0.394 e. The molecule has 0 spiro atoms. The van der Waals surface area contributed by atoms with E-state index in [1.54, 1.807) is 6.08 Å². The van der Waals surface area contributed by atoms with Gasteiger partial charge in [-0.2, -0.15) is 0 Å². The number of hydrogen-bond acceptors (Lipinski definition) is 13. The molecule has 0 aromatic carbocycles. The van der Waals surface area contributed by atoms with Gasteiger partial charge >= 0.3 is 0 Å². The zero-order valence-corrected chi connectivity index (χ0v) is 27.8. The fraction of sp³-hybridized carbons (Fsp3) is 0.848. The molecule has 9 N–H and O–H groups in total. The van der Waals surface area contributed by atoms with E-state index in [4.69, 9.17) is 18.9 Å². The third-order valence-corrected chi connectivity index (χ3v) is 8.39. The van der Waals surface area contributed by atoms with Crippen molar-refractivity contribution >= 4 is 5.91 Å². The molecule has 0 aliphatic carbocycles. The van der Waals surface area contributed by atoms with Crippen LogP contribution in [0.2, 0.25) is 0 Å². The van der Waals surface area contributed by atoms with E-state index in [2.05, 4.69) is 31.3 Å². The molecule has 2 fully saturated rings. The predicted molar refractivity (Wildman–Crippen MR) is 171 cm³/mol. The molecule has 12 atom stereocenters. The first-order valence-electron chi connectivity index (χ1n) is 17.1. The molecule has 1 amide bonds. The van der Waals surface area contributed by atoms with E-state index in [1.165, 1.54) is 12.8 Å². The monoisotopic (exact) mass is 677 g/mol. The lowest BCUT2D eigenvalue weighted by atomic mass is 9.97. The summed E-state index contributed by atoms with van der Waals surface area (Å²) in [5.41, 5.74) is 0. The minimum Gasteiger partial charge on any atom is -0.394 e. The van der Waals surface area contributed by atoms with Crippen molar-refractivity contribution in [3.8, 4) is 0 Å². The zero-order valence-electron chi connectivity index (χ0n) is 27.8. The summed E-state index contributed by atoms with van der Waals surface area (Å²) in [6.07, 6.45) is 0.561. The Bertz CT molecular complexity index is 904. The molecule has 14 nitrogen and oxygen atoms in total. The summed E-state index contributed by atoms with van der Waals surface area (Å²) in [5, 5.41) is 85.3. The van der Waals surface area contributed by atoms with Crippen molar-refractivity contribution < 1.29 is 64.6 Å². The van der Waals surface area contributed by atoms with Gasteiger partial charge in [-0.25, -0.2) is 0 Å². The summed E-state index contributed by atoms with van der Waals surface area (Å²) in [6.45, 7) is 2.50. The minimum atomic E-state index is -1.78. The molecule has 47 heavy (non-hydrogen) atoms. The molecule has 2 aliphatic rings. The lowest BCUT2D eigenvalue weighted by molar-refractivity contribution is -0.359. The van der Waals surface area contributed by atoms with Crippen molar-refractivity contribution in [2.24, 2.45) is 0 Å². The van der Waals surface area contributed by atoms with Gasteiger partial charge in [0, 0.05) is 6.42 Å². The van der Waals surface area contributed by atoms with Gasteiger partial charge in [0.15, 0.2) is 12.6 Å². The number of carbonyl (C=O) groups is 1. The van der Waals surface area contributed by atoms with Gasteiger partial charge in [0.05, 0.1) is 32.0 Å². The van der Waals surface area contributed by atoms with Gasteiger partial charge in [0.2, 0.25) is 5.91 Å². The highest BCUT2D eigenvalue weighted by molar-refractivity contribution is 5.76. The van der Waals surface area contributed by atoms with Crippen molar-refractivity contribution in [3.05, 3.63) is 24.3 Å². The standard InChI is InChI=1S/C33H59NO13/c1-3-5-7-9-10-11-12-13-14-16-22(37)21(34-25(38)17-15-8-6-4-2)20-44-32-30(43)28(41)31(24(19-36)46-32)47-33-29(42)27(40)26(39)23(18-35)45-33/h10-11,14,16,21-24,26-33,35-37,39-43H,3-9,12-13,15,17-20H2,1-2H3,(H,34,38)/b11-10+,16-14+.